The molecular formula is C21H23BClNO2. The van der Waals surface area contributed by atoms with E-state index in [0.717, 1.165) is 33.5 Å². The molecule has 0 saturated carbocycles. The summed E-state index contributed by atoms with van der Waals surface area (Å²) in [4.78, 5) is 0. The number of halogens is 1. The second kappa shape index (κ2) is 6.16. The zero-order chi connectivity index (χ0) is 18.5. The summed E-state index contributed by atoms with van der Waals surface area (Å²) in [5, 5.41) is 1.94. The lowest BCUT2D eigenvalue weighted by Crippen LogP contribution is -2.41. The van der Waals surface area contributed by atoms with Gasteiger partial charge in [0.1, 0.15) is 0 Å². The quantitative estimate of drug-likeness (QED) is 0.629. The molecule has 0 aliphatic carbocycles. The van der Waals surface area contributed by atoms with Gasteiger partial charge >= 0.3 is 7.12 Å². The van der Waals surface area contributed by atoms with Crippen LogP contribution in [0.25, 0.3) is 10.9 Å². The molecule has 1 aliphatic heterocycles. The molecule has 0 amide bonds. The van der Waals surface area contributed by atoms with Crippen molar-refractivity contribution in [1.29, 1.82) is 0 Å². The normalized spacial score (nSPS) is 18.6. The number of hydrogen-bond acceptors (Lipinski definition) is 2. The molecule has 5 heteroatoms. The molecule has 3 nitrogen and oxygen atoms in total. The van der Waals surface area contributed by atoms with Crippen molar-refractivity contribution in [3.8, 4) is 0 Å². The highest BCUT2D eigenvalue weighted by molar-refractivity contribution is 6.65. The van der Waals surface area contributed by atoms with Gasteiger partial charge in [0.15, 0.2) is 0 Å². The van der Waals surface area contributed by atoms with Crippen LogP contribution in [0, 0.1) is 0 Å². The maximum atomic E-state index is 6.34. The lowest BCUT2D eigenvalue weighted by molar-refractivity contribution is 0.00578. The van der Waals surface area contributed by atoms with Gasteiger partial charge in [-0.25, -0.2) is 0 Å². The van der Waals surface area contributed by atoms with Crippen molar-refractivity contribution in [1.82, 2.24) is 4.57 Å². The summed E-state index contributed by atoms with van der Waals surface area (Å²) in [6, 6.07) is 16.4. The maximum absolute atomic E-state index is 6.34. The molecule has 0 spiro atoms. The number of fused-ring (bicyclic) bond motifs is 1. The van der Waals surface area contributed by atoms with Gasteiger partial charge < -0.3 is 13.9 Å². The van der Waals surface area contributed by atoms with Gasteiger partial charge in [-0.15, -0.1) is 0 Å². The molecule has 26 heavy (non-hydrogen) atoms. The fourth-order valence-electron chi connectivity index (χ4n) is 3.37. The highest BCUT2D eigenvalue weighted by Crippen LogP contribution is 2.37. The Hall–Kier alpha value is -1.75. The van der Waals surface area contributed by atoms with E-state index in [1.54, 1.807) is 0 Å². The summed E-state index contributed by atoms with van der Waals surface area (Å²) < 4.78 is 14.7. The summed E-state index contributed by atoms with van der Waals surface area (Å²) >= 11 is 6.34. The Morgan fingerprint density at radius 3 is 2.31 bits per heavy atom. The van der Waals surface area contributed by atoms with Crippen LogP contribution in [0.1, 0.15) is 33.3 Å². The van der Waals surface area contributed by atoms with Crippen molar-refractivity contribution in [3.63, 3.8) is 0 Å². The van der Waals surface area contributed by atoms with Crippen molar-refractivity contribution in [2.24, 2.45) is 0 Å². The molecule has 2 heterocycles. The zero-order valence-corrected chi connectivity index (χ0v) is 16.4. The van der Waals surface area contributed by atoms with Crippen molar-refractivity contribution in [3.05, 3.63) is 65.3 Å². The minimum atomic E-state index is -0.361. The Morgan fingerprint density at radius 1 is 0.923 bits per heavy atom. The van der Waals surface area contributed by atoms with Gasteiger partial charge in [0, 0.05) is 23.3 Å². The topological polar surface area (TPSA) is 23.4 Å². The van der Waals surface area contributed by atoms with Gasteiger partial charge in [0.25, 0.3) is 0 Å². The number of aromatic nitrogens is 1. The van der Waals surface area contributed by atoms with E-state index < -0.39 is 0 Å². The van der Waals surface area contributed by atoms with Crippen LogP contribution < -0.4 is 5.46 Å². The van der Waals surface area contributed by atoms with E-state index in [9.17, 15) is 0 Å². The first-order valence-corrected chi connectivity index (χ1v) is 9.33. The van der Waals surface area contributed by atoms with Crippen molar-refractivity contribution in [2.45, 2.75) is 45.4 Å². The van der Waals surface area contributed by atoms with Gasteiger partial charge in [-0.3, -0.25) is 0 Å². The predicted molar refractivity (Wildman–Crippen MR) is 108 cm³/mol. The molecule has 0 bridgehead atoms. The molecule has 0 radical (unpaired) electrons. The van der Waals surface area contributed by atoms with Crippen LogP contribution in [0.15, 0.2) is 54.7 Å². The van der Waals surface area contributed by atoms with Gasteiger partial charge in [-0.2, -0.15) is 0 Å². The molecule has 1 aromatic heterocycles. The average molecular weight is 368 g/mol. The first-order valence-electron chi connectivity index (χ1n) is 8.95. The Labute approximate surface area is 160 Å². The lowest BCUT2D eigenvalue weighted by Gasteiger charge is -2.32. The molecule has 134 valence electrons. The van der Waals surface area contributed by atoms with Crippen LogP contribution in [-0.4, -0.2) is 22.9 Å². The summed E-state index contributed by atoms with van der Waals surface area (Å²) in [5.74, 6) is 0. The molecule has 2 aromatic carbocycles. The van der Waals surface area contributed by atoms with Crippen LogP contribution in [0.5, 0.6) is 0 Å². The minimum absolute atomic E-state index is 0.347. The monoisotopic (exact) mass is 367 g/mol. The molecule has 1 saturated heterocycles. The van der Waals surface area contributed by atoms with Crippen molar-refractivity contribution >= 4 is 35.1 Å². The second-order valence-corrected chi connectivity index (χ2v) is 8.31. The fraction of sp³-hybridized carbons (Fsp3) is 0.333. The largest absolute Gasteiger partial charge is 0.495 e. The molecular weight excluding hydrogens is 345 g/mol. The first kappa shape index (κ1) is 17.7. The third kappa shape index (κ3) is 2.86. The van der Waals surface area contributed by atoms with E-state index in [2.05, 4.69) is 68.8 Å². The van der Waals surface area contributed by atoms with Crippen LogP contribution in [0.2, 0.25) is 5.02 Å². The Balaban J connectivity index is 1.72. The zero-order valence-electron chi connectivity index (χ0n) is 15.6. The van der Waals surface area contributed by atoms with Crippen molar-refractivity contribution < 1.29 is 9.31 Å². The Morgan fingerprint density at radius 2 is 1.62 bits per heavy atom. The number of benzene rings is 2. The highest BCUT2D eigenvalue weighted by Gasteiger charge is 2.52. The van der Waals surface area contributed by atoms with Gasteiger partial charge in [-0.05, 0) is 62.3 Å². The molecule has 1 fully saturated rings. The molecule has 0 atom stereocenters. The lowest BCUT2D eigenvalue weighted by atomic mass is 9.77. The molecule has 3 aromatic rings. The van der Waals surface area contributed by atoms with Gasteiger partial charge in [0.2, 0.25) is 0 Å². The number of rotatable bonds is 3. The Bertz CT molecular complexity index is 948. The molecule has 0 N–H and O–H groups in total. The third-order valence-corrected chi connectivity index (χ3v) is 6.02. The van der Waals surface area contributed by atoms with E-state index in [-0.39, 0.29) is 18.3 Å². The predicted octanol–water partition coefficient (Wildman–Crippen LogP) is 4.64. The molecule has 1 aliphatic rings. The van der Waals surface area contributed by atoms with E-state index >= 15 is 0 Å². The number of hydrogen-bond donors (Lipinski definition) is 0. The van der Waals surface area contributed by atoms with E-state index in [0.29, 0.717) is 0 Å². The van der Waals surface area contributed by atoms with E-state index in [1.165, 1.54) is 0 Å². The average Bonchev–Trinajstić information content (AvgIpc) is 3.08. The minimum Gasteiger partial charge on any atom is -0.399 e. The summed E-state index contributed by atoms with van der Waals surface area (Å²) in [5.41, 5.74) is 2.63. The van der Waals surface area contributed by atoms with E-state index in [4.69, 9.17) is 20.9 Å². The summed E-state index contributed by atoms with van der Waals surface area (Å²) in [6.45, 7) is 9.05. The first-order chi connectivity index (χ1) is 12.3. The second-order valence-electron chi connectivity index (χ2n) is 7.90. The Kier molecular flexibility index (Phi) is 4.18. The third-order valence-electron chi connectivity index (χ3n) is 5.65. The fourth-order valence-corrected chi connectivity index (χ4v) is 3.57. The summed E-state index contributed by atoms with van der Waals surface area (Å²) in [6.07, 6.45) is 2.10. The standard InChI is InChI=1S/C21H23BClNO2/c1-20(2)21(3,4)26-22(25-20)17-9-7-11-19-16(17)12-13-24(19)14-15-8-5-6-10-18(15)23/h5-13H,14H2,1-4H3. The van der Waals surface area contributed by atoms with Crippen LogP contribution in [0.4, 0.5) is 0 Å². The number of nitrogens with zero attached hydrogens (tertiary/aromatic N) is 1. The highest BCUT2D eigenvalue weighted by atomic mass is 35.5. The summed E-state index contributed by atoms with van der Waals surface area (Å²) in [7, 11) is -0.361. The van der Waals surface area contributed by atoms with Gasteiger partial charge in [0.05, 0.1) is 11.2 Å². The SMILES string of the molecule is CC1(C)OB(c2cccc3c2ccn3Cc2ccccc2Cl)OC1(C)C. The molecule has 0 unspecified atom stereocenters. The molecule has 4 rings (SSSR count). The van der Waals surface area contributed by atoms with Crippen LogP contribution >= 0.6 is 11.6 Å². The van der Waals surface area contributed by atoms with Crippen molar-refractivity contribution in [2.75, 3.05) is 0 Å². The van der Waals surface area contributed by atoms with Crippen LogP contribution in [-0.2, 0) is 15.9 Å². The van der Waals surface area contributed by atoms with E-state index in [1.807, 2.05) is 18.2 Å². The van der Waals surface area contributed by atoms with Crippen LogP contribution in [0.3, 0.4) is 0 Å². The smallest absolute Gasteiger partial charge is 0.399 e. The van der Waals surface area contributed by atoms with Gasteiger partial charge in [-0.1, -0.05) is 41.9 Å². The maximum Gasteiger partial charge on any atom is 0.495 e.